The van der Waals surface area contributed by atoms with Crippen LogP contribution >= 0.6 is 0 Å². The minimum atomic E-state index is 0.572. The molecule has 5 nitrogen and oxygen atoms in total. The highest BCUT2D eigenvalue weighted by atomic mass is 16.3. The lowest BCUT2D eigenvalue weighted by atomic mass is 10.0. The molecule has 4 heterocycles. The molecular weight excluding hydrogens is 675 g/mol. The number of para-hydroxylation sites is 2. The lowest BCUT2D eigenvalue weighted by Gasteiger charge is -2.13. The highest BCUT2D eigenvalue weighted by Gasteiger charge is 2.25. The fraction of sp³-hybridized carbons (Fsp3) is 0. The van der Waals surface area contributed by atoms with Crippen molar-refractivity contribution in [1.29, 1.82) is 0 Å². The highest BCUT2D eigenvalue weighted by molar-refractivity contribution is 6.21. The van der Waals surface area contributed by atoms with Gasteiger partial charge in [-0.15, -0.1) is 0 Å². The van der Waals surface area contributed by atoms with Crippen LogP contribution in [0.1, 0.15) is 0 Å². The van der Waals surface area contributed by atoms with Crippen LogP contribution in [0.15, 0.2) is 185 Å². The predicted octanol–water partition coefficient (Wildman–Crippen LogP) is 13.5. The molecule has 8 aromatic carbocycles. The van der Waals surface area contributed by atoms with Crippen molar-refractivity contribution >= 4 is 76.6 Å². The Hall–Kier alpha value is -7.50. The lowest BCUT2D eigenvalue weighted by Crippen LogP contribution is -1.98. The molecule has 0 saturated carbocycles. The molecule has 0 aliphatic rings. The van der Waals surface area contributed by atoms with Gasteiger partial charge in [-0.05, 0) is 52.9 Å². The Kier molecular flexibility index (Phi) is 6.27. The van der Waals surface area contributed by atoms with Gasteiger partial charge in [0.05, 0.1) is 27.7 Å². The number of rotatable bonds is 4. The van der Waals surface area contributed by atoms with E-state index in [1.165, 1.54) is 27.1 Å². The van der Waals surface area contributed by atoms with Gasteiger partial charge in [-0.25, -0.2) is 9.97 Å². The van der Waals surface area contributed by atoms with Crippen molar-refractivity contribution in [3.63, 3.8) is 0 Å². The first-order chi connectivity index (χ1) is 27.3. The van der Waals surface area contributed by atoms with Gasteiger partial charge in [-0.3, -0.25) is 0 Å². The summed E-state index contributed by atoms with van der Waals surface area (Å²) in [6.45, 7) is 0. The zero-order valence-corrected chi connectivity index (χ0v) is 29.4. The maximum Gasteiger partial charge on any atom is 0.180 e. The van der Waals surface area contributed by atoms with E-state index in [1.54, 1.807) is 0 Å². The molecule has 5 heteroatoms. The van der Waals surface area contributed by atoms with E-state index in [4.69, 9.17) is 18.8 Å². The molecule has 0 radical (unpaired) electrons. The second-order valence-electron chi connectivity index (χ2n) is 14.1. The maximum absolute atomic E-state index is 6.88. The zero-order chi connectivity index (χ0) is 36.0. The minimum Gasteiger partial charge on any atom is -0.455 e. The van der Waals surface area contributed by atoms with Gasteiger partial charge in [-0.1, -0.05) is 140 Å². The maximum atomic E-state index is 6.88. The molecule has 0 atom stereocenters. The molecule has 0 saturated heterocycles. The Bertz CT molecular complexity index is 3480. The molecule has 0 aliphatic carbocycles. The topological polar surface area (TPSA) is 57.0 Å². The summed E-state index contributed by atoms with van der Waals surface area (Å²) in [7, 11) is 0. The summed E-state index contributed by atoms with van der Waals surface area (Å²) < 4.78 is 15.9. The van der Waals surface area contributed by atoms with Crippen LogP contribution < -0.4 is 0 Å². The van der Waals surface area contributed by atoms with E-state index in [2.05, 4.69) is 138 Å². The summed E-state index contributed by atoms with van der Waals surface area (Å²) in [6.07, 6.45) is 0. The molecule has 0 bridgehead atoms. The van der Waals surface area contributed by atoms with Gasteiger partial charge >= 0.3 is 0 Å². The SMILES string of the molecule is c1ccc(-c2ccc3oc4c(-c5ccccc5)nc(-c5ccc(-n6c7ccccc7c7ccc8ccccc8c76)c6c5oc5ccccc56)nc4c3c2)cc1. The van der Waals surface area contributed by atoms with Crippen molar-refractivity contribution in [3.05, 3.63) is 176 Å². The number of furan rings is 2. The van der Waals surface area contributed by atoms with Crippen molar-refractivity contribution in [2.45, 2.75) is 0 Å². The molecule has 0 unspecified atom stereocenters. The molecule has 256 valence electrons. The second kappa shape index (κ2) is 11.5. The Balaban J connectivity index is 1.18. The summed E-state index contributed by atoms with van der Waals surface area (Å²) in [5.41, 5.74) is 11.8. The average Bonchev–Trinajstić information content (AvgIpc) is 3.94. The number of aromatic nitrogens is 3. The first-order valence-corrected chi connectivity index (χ1v) is 18.5. The van der Waals surface area contributed by atoms with E-state index >= 15 is 0 Å². The van der Waals surface area contributed by atoms with Crippen molar-refractivity contribution in [3.8, 4) is 39.5 Å². The third-order valence-electron chi connectivity index (χ3n) is 11.0. The minimum absolute atomic E-state index is 0.572. The van der Waals surface area contributed by atoms with Gasteiger partial charge in [0.2, 0.25) is 0 Å². The van der Waals surface area contributed by atoms with Gasteiger partial charge in [0.25, 0.3) is 0 Å². The van der Waals surface area contributed by atoms with Crippen LogP contribution in [-0.4, -0.2) is 14.5 Å². The number of hydrogen-bond acceptors (Lipinski definition) is 4. The summed E-state index contributed by atoms with van der Waals surface area (Å²) >= 11 is 0. The van der Waals surface area contributed by atoms with E-state index in [-0.39, 0.29) is 0 Å². The number of benzene rings is 8. The first kappa shape index (κ1) is 30.0. The summed E-state index contributed by atoms with van der Waals surface area (Å²) in [5.74, 6) is 0.572. The van der Waals surface area contributed by atoms with Crippen LogP contribution in [0.4, 0.5) is 0 Å². The van der Waals surface area contributed by atoms with Gasteiger partial charge in [0, 0.05) is 32.5 Å². The van der Waals surface area contributed by atoms with Gasteiger partial charge in [0.1, 0.15) is 28.0 Å². The lowest BCUT2D eigenvalue weighted by molar-refractivity contribution is 0.666. The van der Waals surface area contributed by atoms with Crippen LogP contribution in [0.5, 0.6) is 0 Å². The van der Waals surface area contributed by atoms with Crippen molar-refractivity contribution in [1.82, 2.24) is 14.5 Å². The van der Waals surface area contributed by atoms with E-state index in [9.17, 15) is 0 Å². The second-order valence-corrected chi connectivity index (χ2v) is 14.1. The van der Waals surface area contributed by atoms with Gasteiger partial charge < -0.3 is 13.4 Å². The highest BCUT2D eigenvalue weighted by Crippen LogP contribution is 2.44. The predicted molar refractivity (Wildman–Crippen MR) is 225 cm³/mol. The Labute approximate surface area is 314 Å². The number of fused-ring (bicyclic) bond motifs is 11. The molecule has 0 spiro atoms. The van der Waals surface area contributed by atoms with Gasteiger partial charge in [-0.2, -0.15) is 0 Å². The van der Waals surface area contributed by atoms with E-state index in [1.807, 2.05) is 42.5 Å². The Morgan fingerprint density at radius 3 is 1.98 bits per heavy atom. The normalized spacial score (nSPS) is 12.0. The van der Waals surface area contributed by atoms with Crippen molar-refractivity contribution in [2.75, 3.05) is 0 Å². The molecule has 12 rings (SSSR count). The van der Waals surface area contributed by atoms with Crippen LogP contribution in [0.3, 0.4) is 0 Å². The molecule has 0 N–H and O–H groups in total. The molecule has 0 fully saturated rings. The smallest absolute Gasteiger partial charge is 0.180 e. The fourth-order valence-electron chi connectivity index (χ4n) is 8.52. The number of hydrogen-bond donors (Lipinski definition) is 0. The fourth-order valence-corrected chi connectivity index (χ4v) is 8.52. The molecule has 55 heavy (non-hydrogen) atoms. The monoisotopic (exact) mass is 703 g/mol. The standard InChI is InChI=1S/C50H29N3O2/c1-3-13-30(14-4-1)33-24-28-43-39(29-33)46-49(55-43)45(32-16-5-2-6-17-32)51-50(52-46)38-26-27-41(44-37-20-10-12-22-42(37)54-48(38)44)53-40-21-11-9-19-35(40)36-25-23-31-15-7-8-18-34(31)47(36)53/h1-29H. The summed E-state index contributed by atoms with van der Waals surface area (Å²) in [4.78, 5) is 10.6. The largest absolute Gasteiger partial charge is 0.455 e. The molecule has 0 amide bonds. The molecule has 4 aromatic heterocycles. The van der Waals surface area contributed by atoms with Crippen LogP contribution in [0, 0.1) is 0 Å². The first-order valence-electron chi connectivity index (χ1n) is 18.5. The van der Waals surface area contributed by atoms with E-state index in [0.29, 0.717) is 11.4 Å². The van der Waals surface area contributed by atoms with Crippen LogP contribution in [-0.2, 0) is 0 Å². The summed E-state index contributed by atoms with van der Waals surface area (Å²) in [5, 5.41) is 7.79. The van der Waals surface area contributed by atoms with Crippen molar-refractivity contribution in [2.24, 2.45) is 0 Å². The quantitative estimate of drug-likeness (QED) is 0.183. The molecular formula is C50H29N3O2. The Morgan fingerprint density at radius 2 is 1.13 bits per heavy atom. The van der Waals surface area contributed by atoms with Crippen LogP contribution in [0.25, 0.3) is 116 Å². The Morgan fingerprint density at radius 1 is 0.436 bits per heavy atom. The zero-order valence-electron chi connectivity index (χ0n) is 29.4. The molecule has 12 aromatic rings. The number of nitrogens with zero attached hydrogens (tertiary/aromatic N) is 3. The van der Waals surface area contributed by atoms with E-state index in [0.717, 1.165) is 77.6 Å². The summed E-state index contributed by atoms with van der Waals surface area (Å²) in [6, 6.07) is 61.3. The van der Waals surface area contributed by atoms with Crippen molar-refractivity contribution < 1.29 is 8.83 Å². The van der Waals surface area contributed by atoms with E-state index < -0.39 is 0 Å². The molecule has 0 aliphatic heterocycles. The van der Waals surface area contributed by atoms with Crippen LogP contribution in [0.2, 0.25) is 0 Å². The van der Waals surface area contributed by atoms with Gasteiger partial charge in [0.15, 0.2) is 11.4 Å². The third-order valence-corrected chi connectivity index (χ3v) is 11.0. The average molecular weight is 704 g/mol. The third kappa shape index (κ3) is 4.41.